The first kappa shape index (κ1) is 44.9. The molecule has 0 spiro atoms. The van der Waals surface area contributed by atoms with Crippen molar-refractivity contribution in [3.63, 3.8) is 0 Å². The minimum absolute atomic E-state index is 0. The Morgan fingerprint density at radius 2 is 1.25 bits per heavy atom. The molecule has 0 aromatic heterocycles. The zero-order chi connectivity index (χ0) is 39.1. The van der Waals surface area contributed by atoms with Crippen molar-refractivity contribution >= 4 is 23.9 Å². The molecule has 7 unspecified atom stereocenters. The van der Waals surface area contributed by atoms with Crippen LogP contribution in [0, 0.1) is 44.3 Å². The smallest absolute Gasteiger partial charge is 0.545 e. The number of ether oxygens (including phenoxy) is 2. The van der Waals surface area contributed by atoms with Crippen LogP contribution in [0.25, 0.3) is 0 Å². The van der Waals surface area contributed by atoms with E-state index >= 15 is 0 Å². The number of carboxylic acid groups (broad SMARTS) is 2. The number of carbonyl (C=O) groups is 4. The number of esters is 2. The first-order valence-corrected chi connectivity index (χ1v) is 19.7. The number of benzene rings is 2. The van der Waals surface area contributed by atoms with Gasteiger partial charge < -0.3 is 29.3 Å². The standard InChI is InChI=1S/C46H56O8.2Na/c1-41(2)34-18-21-46(7)35(44(34,5)20-19-36(41)54-40(52)31-15-11-9-13-29(31)38(49)50)17-16-32-33-26-42(3,22-23-43(33,4)24-25-45(32,46)6)27-53-39(51)30-14-10-8-12-28(30)37(47)48;;/h8-17,34-36H,18-27H2,1-7H3,(H,47,48)(H,49,50);;/q;2*+1/p-2/t34?,35?,36?,42?,43?,44?,45-,46?;;/m1../s1. The molecule has 2 aromatic rings. The van der Waals surface area contributed by atoms with Gasteiger partial charge in [-0.05, 0) is 109 Å². The van der Waals surface area contributed by atoms with E-state index in [4.69, 9.17) is 9.47 Å². The average molecular weight is 781 g/mol. The average Bonchev–Trinajstić information content (AvgIpc) is 3.13. The Balaban J connectivity index is 0.00000300. The third-order valence-corrected chi connectivity index (χ3v) is 15.8. The molecule has 3 saturated carbocycles. The van der Waals surface area contributed by atoms with E-state index in [0.29, 0.717) is 12.3 Å². The number of hydrogen-bond acceptors (Lipinski definition) is 8. The summed E-state index contributed by atoms with van der Waals surface area (Å²) in [5.74, 6) is -3.43. The Hall–Kier alpha value is -2.20. The van der Waals surface area contributed by atoms with Gasteiger partial charge in [0.25, 0.3) is 0 Å². The Labute approximate surface area is 376 Å². The summed E-state index contributed by atoms with van der Waals surface area (Å²) in [6.07, 6.45) is 13.2. The molecule has 0 saturated heterocycles. The van der Waals surface area contributed by atoms with Crippen LogP contribution in [0.4, 0.5) is 0 Å². The Morgan fingerprint density at radius 3 is 1.84 bits per heavy atom. The maximum Gasteiger partial charge on any atom is 1.00 e. The van der Waals surface area contributed by atoms with E-state index in [-0.39, 0.29) is 132 Å². The predicted octanol–water partition coefficient (Wildman–Crippen LogP) is 1.53. The van der Waals surface area contributed by atoms with Crippen LogP contribution in [0.1, 0.15) is 148 Å². The summed E-state index contributed by atoms with van der Waals surface area (Å²) in [5.41, 5.74) is 2.02. The first-order valence-electron chi connectivity index (χ1n) is 19.7. The van der Waals surface area contributed by atoms with Crippen LogP contribution < -0.4 is 69.3 Å². The van der Waals surface area contributed by atoms with E-state index < -0.39 is 23.9 Å². The van der Waals surface area contributed by atoms with Crippen LogP contribution in [0.3, 0.4) is 0 Å². The third-order valence-electron chi connectivity index (χ3n) is 15.8. The van der Waals surface area contributed by atoms with E-state index in [9.17, 15) is 29.4 Å². The summed E-state index contributed by atoms with van der Waals surface area (Å²) < 4.78 is 12.1. The maximum absolute atomic E-state index is 13.4. The predicted molar refractivity (Wildman–Crippen MR) is 200 cm³/mol. The van der Waals surface area contributed by atoms with Gasteiger partial charge in [0.2, 0.25) is 0 Å². The molecule has 8 atom stereocenters. The number of hydrogen-bond donors (Lipinski definition) is 0. The van der Waals surface area contributed by atoms with E-state index in [1.54, 1.807) is 24.3 Å². The van der Waals surface area contributed by atoms with Crippen molar-refractivity contribution in [1.29, 1.82) is 0 Å². The molecule has 8 nitrogen and oxygen atoms in total. The largest absolute Gasteiger partial charge is 1.00 e. The van der Waals surface area contributed by atoms with Gasteiger partial charge in [-0.2, -0.15) is 0 Å². The summed E-state index contributed by atoms with van der Waals surface area (Å²) in [5, 5.41) is 23.4. The zero-order valence-electron chi connectivity index (χ0n) is 34.8. The van der Waals surface area contributed by atoms with E-state index in [2.05, 4.69) is 60.6 Å². The van der Waals surface area contributed by atoms with Crippen LogP contribution in [0.15, 0.2) is 71.8 Å². The minimum Gasteiger partial charge on any atom is -0.545 e. The van der Waals surface area contributed by atoms with Gasteiger partial charge in [0.05, 0.1) is 29.7 Å². The molecular weight excluding hydrogens is 726 g/mol. The van der Waals surface area contributed by atoms with Crippen LogP contribution >= 0.6 is 0 Å². The van der Waals surface area contributed by atoms with E-state index in [1.807, 2.05) is 0 Å². The molecule has 0 N–H and O–H groups in total. The number of allylic oxidation sites excluding steroid dienone is 4. The Bertz CT molecular complexity index is 1990. The van der Waals surface area contributed by atoms with Crippen molar-refractivity contribution in [2.45, 2.75) is 112 Å². The molecule has 7 rings (SSSR count). The van der Waals surface area contributed by atoms with Crippen LogP contribution in [0.5, 0.6) is 0 Å². The molecule has 5 aliphatic rings. The van der Waals surface area contributed by atoms with E-state index in [1.165, 1.54) is 35.4 Å². The summed E-state index contributed by atoms with van der Waals surface area (Å²) >= 11 is 0. The Kier molecular flexibility index (Phi) is 12.6. The van der Waals surface area contributed by atoms with E-state index in [0.717, 1.165) is 51.4 Å². The topological polar surface area (TPSA) is 133 Å². The van der Waals surface area contributed by atoms with Crippen LogP contribution in [-0.2, 0) is 9.47 Å². The fraction of sp³-hybridized carbons (Fsp3) is 0.565. The molecule has 10 heteroatoms. The molecule has 5 aliphatic carbocycles. The van der Waals surface area contributed by atoms with Crippen molar-refractivity contribution in [1.82, 2.24) is 0 Å². The van der Waals surface area contributed by atoms with Gasteiger partial charge in [0.15, 0.2) is 0 Å². The molecule has 0 amide bonds. The van der Waals surface area contributed by atoms with Gasteiger partial charge in [0.1, 0.15) is 6.10 Å². The van der Waals surface area contributed by atoms with Crippen molar-refractivity contribution in [3.8, 4) is 0 Å². The molecule has 288 valence electrons. The molecule has 0 heterocycles. The van der Waals surface area contributed by atoms with Gasteiger partial charge >= 0.3 is 71.1 Å². The van der Waals surface area contributed by atoms with Gasteiger partial charge in [-0.25, -0.2) is 9.59 Å². The number of carbonyl (C=O) groups excluding carboxylic acids is 4. The fourth-order valence-corrected chi connectivity index (χ4v) is 12.3. The van der Waals surface area contributed by atoms with Crippen LogP contribution in [0.2, 0.25) is 0 Å². The van der Waals surface area contributed by atoms with Gasteiger partial charge in [-0.1, -0.05) is 103 Å². The second kappa shape index (κ2) is 15.8. The zero-order valence-corrected chi connectivity index (χ0v) is 38.8. The first-order chi connectivity index (χ1) is 25.3. The number of carboxylic acids is 2. The molecule has 56 heavy (non-hydrogen) atoms. The van der Waals surface area contributed by atoms with Gasteiger partial charge in [-0.3, -0.25) is 0 Å². The molecule has 3 fully saturated rings. The second-order valence-electron chi connectivity index (χ2n) is 19.1. The fourth-order valence-electron chi connectivity index (χ4n) is 12.3. The summed E-state index contributed by atoms with van der Waals surface area (Å²) in [6.45, 7) is 16.7. The normalized spacial score (nSPS) is 35.2. The third kappa shape index (κ3) is 7.14. The summed E-state index contributed by atoms with van der Waals surface area (Å²) in [7, 11) is 0. The summed E-state index contributed by atoms with van der Waals surface area (Å²) in [6, 6.07) is 12.2. The van der Waals surface area contributed by atoms with Crippen molar-refractivity contribution in [3.05, 3.63) is 94.1 Å². The van der Waals surface area contributed by atoms with Crippen LogP contribution in [-0.4, -0.2) is 36.6 Å². The van der Waals surface area contributed by atoms with Crippen molar-refractivity contribution < 1.29 is 98.0 Å². The monoisotopic (exact) mass is 780 g/mol. The Morgan fingerprint density at radius 1 is 0.696 bits per heavy atom. The number of aromatic carboxylic acids is 2. The second-order valence-corrected chi connectivity index (χ2v) is 19.1. The molecule has 0 aliphatic heterocycles. The quantitative estimate of drug-likeness (QED) is 0.306. The van der Waals surface area contributed by atoms with Gasteiger partial charge in [-0.15, -0.1) is 0 Å². The minimum atomic E-state index is -1.40. The number of rotatable bonds is 7. The molecular formula is C46H54Na2O8. The van der Waals surface area contributed by atoms with Crippen molar-refractivity contribution in [2.24, 2.45) is 44.3 Å². The molecule has 0 bridgehead atoms. The molecule has 2 aromatic carbocycles. The SMILES string of the molecule is CC1(COC(=O)c2ccccc2C(=O)[O-])CCC2(C)CC[C@]3(C)C(=C2C1)C=CC1C2(C)CCC(OC(=O)c4ccccc4C(=O)[O-])C(C)(C)C2CCC13C.[Na+].[Na+]. The molecule has 0 radical (unpaired) electrons. The maximum atomic E-state index is 13.4. The van der Waals surface area contributed by atoms with Gasteiger partial charge in [0, 0.05) is 22.0 Å². The summed E-state index contributed by atoms with van der Waals surface area (Å²) in [4.78, 5) is 50.0. The van der Waals surface area contributed by atoms with Crippen molar-refractivity contribution in [2.75, 3.05) is 6.61 Å². The number of fused-ring (bicyclic) bond motifs is 6.